The molecule has 2 aromatic heterocycles. The molecule has 1 N–H and O–H groups in total. The summed E-state index contributed by atoms with van der Waals surface area (Å²) in [6, 6.07) is 20.7. The molecule has 0 saturated carbocycles. The first-order valence-corrected chi connectivity index (χ1v) is 8.91. The van der Waals surface area contributed by atoms with Crippen LogP contribution in [0.4, 0.5) is 0 Å². The molecule has 132 valence electrons. The van der Waals surface area contributed by atoms with Crippen molar-refractivity contribution in [3.8, 4) is 11.3 Å². The molecule has 0 fully saturated rings. The third kappa shape index (κ3) is 3.81. The van der Waals surface area contributed by atoms with E-state index in [0.717, 1.165) is 27.7 Å². The first kappa shape index (κ1) is 17.2. The summed E-state index contributed by atoms with van der Waals surface area (Å²) in [5.74, 6) is -0.146. The lowest BCUT2D eigenvalue weighted by atomic mass is 10.0. The van der Waals surface area contributed by atoms with Gasteiger partial charge >= 0.3 is 0 Å². The number of rotatable bonds is 4. The number of halogens is 1. The highest BCUT2D eigenvalue weighted by atomic mass is 35.5. The molecule has 4 aromatic rings. The van der Waals surface area contributed by atoms with Crippen LogP contribution < -0.4 is 5.32 Å². The molecule has 0 spiro atoms. The zero-order chi connectivity index (χ0) is 18.6. The predicted octanol–water partition coefficient (Wildman–Crippen LogP) is 4.88. The minimum absolute atomic E-state index is 0.146. The summed E-state index contributed by atoms with van der Waals surface area (Å²) >= 11 is 5.99. The minimum atomic E-state index is -0.146. The van der Waals surface area contributed by atoms with Crippen LogP contribution in [0.5, 0.6) is 0 Å². The van der Waals surface area contributed by atoms with Gasteiger partial charge in [0.15, 0.2) is 0 Å². The molecule has 2 aromatic carbocycles. The second-order valence-electron chi connectivity index (χ2n) is 6.12. The molecule has 0 unspecified atom stereocenters. The fraction of sp³-hybridized carbons (Fsp3) is 0.0455. The van der Waals surface area contributed by atoms with Crippen molar-refractivity contribution < 1.29 is 4.79 Å². The van der Waals surface area contributed by atoms with E-state index >= 15 is 0 Å². The van der Waals surface area contributed by atoms with Gasteiger partial charge in [0, 0.05) is 34.9 Å². The summed E-state index contributed by atoms with van der Waals surface area (Å²) < 4.78 is 0. The van der Waals surface area contributed by atoms with Gasteiger partial charge in [0.2, 0.25) is 0 Å². The first-order valence-electron chi connectivity index (χ1n) is 8.53. The third-order valence-corrected chi connectivity index (χ3v) is 4.53. The molecule has 0 aliphatic heterocycles. The van der Waals surface area contributed by atoms with Gasteiger partial charge in [-0.25, -0.2) is 4.98 Å². The molecule has 0 saturated heterocycles. The van der Waals surface area contributed by atoms with Crippen LogP contribution in [0.15, 0.2) is 79.1 Å². The summed E-state index contributed by atoms with van der Waals surface area (Å²) in [5, 5.41) is 4.45. The van der Waals surface area contributed by atoms with Crippen molar-refractivity contribution in [3.63, 3.8) is 0 Å². The maximum atomic E-state index is 12.9. The Morgan fingerprint density at radius 3 is 2.59 bits per heavy atom. The van der Waals surface area contributed by atoms with E-state index in [1.807, 2.05) is 66.7 Å². The van der Waals surface area contributed by atoms with E-state index < -0.39 is 0 Å². The average molecular weight is 374 g/mol. The van der Waals surface area contributed by atoms with Crippen LogP contribution in [0.3, 0.4) is 0 Å². The summed E-state index contributed by atoms with van der Waals surface area (Å²) in [4.78, 5) is 21.7. The van der Waals surface area contributed by atoms with E-state index in [0.29, 0.717) is 17.1 Å². The molecule has 0 atom stereocenters. The normalized spacial score (nSPS) is 10.7. The zero-order valence-corrected chi connectivity index (χ0v) is 15.1. The number of fused-ring (bicyclic) bond motifs is 1. The number of pyridine rings is 2. The van der Waals surface area contributed by atoms with Crippen LogP contribution in [0.1, 0.15) is 15.9 Å². The van der Waals surface area contributed by atoms with Crippen molar-refractivity contribution in [2.24, 2.45) is 0 Å². The van der Waals surface area contributed by atoms with E-state index in [1.165, 1.54) is 0 Å². The fourth-order valence-electron chi connectivity index (χ4n) is 2.91. The van der Waals surface area contributed by atoms with E-state index in [4.69, 9.17) is 16.6 Å². The van der Waals surface area contributed by atoms with Gasteiger partial charge in [0.1, 0.15) is 0 Å². The number of nitrogens with zero attached hydrogens (tertiary/aromatic N) is 2. The highest BCUT2D eigenvalue weighted by Crippen LogP contribution is 2.26. The lowest BCUT2D eigenvalue weighted by molar-refractivity contribution is 0.0952. The van der Waals surface area contributed by atoms with Gasteiger partial charge < -0.3 is 5.32 Å². The van der Waals surface area contributed by atoms with Crippen LogP contribution in [0.2, 0.25) is 5.02 Å². The van der Waals surface area contributed by atoms with Gasteiger partial charge in [-0.05, 0) is 35.9 Å². The van der Waals surface area contributed by atoms with Crippen LogP contribution in [0, 0.1) is 0 Å². The van der Waals surface area contributed by atoms with Crippen molar-refractivity contribution >= 4 is 28.4 Å². The molecule has 0 aliphatic carbocycles. The number of para-hydroxylation sites is 1. The molecule has 0 bridgehead atoms. The Morgan fingerprint density at radius 1 is 1.00 bits per heavy atom. The van der Waals surface area contributed by atoms with Crippen molar-refractivity contribution in [2.45, 2.75) is 6.54 Å². The second kappa shape index (κ2) is 7.56. The monoisotopic (exact) mass is 373 g/mol. The molecular formula is C22H16ClN3O. The van der Waals surface area contributed by atoms with Crippen LogP contribution in [0.25, 0.3) is 22.2 Å². The molecule has 2 heterocycles. The van der Waals surface area contributed by atoms with E-state index in [2.05, 4.69) is 10.3 Å². The van der Waals surface area contributed by atoms with Crippen molar-refractivity contribution in [3.05, 3.63) is 95.3 Å². The second-order valence-corrected chi connectivity index (χ2v) is 6.56. The molecule has 27 heavy (non-hydrogen) atoms. The predicted molar refractivity (Wildman–Crippen MR) is 108 cm³/mol. The Labute approximate surface area is 161 Å². The van der Waals surface area contributed by atoms with Crippen LogP contribution in [-0.4, -0.2) is 15.9 Å². The van der Waals surface area contributed by atoms with Gasteiger partial charge in [-0.2, -0.15) is 0 Å². The number of benzene rings is 2. The Balaban J connectivity index is 1.72. The summed E-state index contributed by atoms with van der Waals surface area (Å²) in [6.07, 6.45) is 3.45. The molecule has 5 heteroatoms. The largest absolute Gasteiger partial charge is 0.348 e. The van der Waals surface area contributed by atoms with E-state index in [9.17, 15) is 4.79 Å². The Bertz CT molecular complexity index is 1100. The minimum Gasteiger partial charge on any atom is -0.348 e. The third-order valence-electron chi connectivity index (χ3n) is 4.28. The summed E-state index contributed by atoms with van der Waals surface area (Å²) in [7, 11) is 0. The summed E-state index contributed by atoms with van der Waals surface area (Å²) in [5.41, 5.74) is 3.96. The molecule has 4 rings (SSSR count). The van der Waals surface area contributed by atoms with Crippen molar-refractivity contribution in [2.75, 3.05) is 0 Å². The van der Waals surface area contributed by atoms with Crippen molar-refractivity contribution in [1.82, 2.24) is 15.3 Å². The number of hydrogen-bond donors (Lipinski definition) is 1. The number of nitrogens with one attached hydrogen (secondary N) is 1. The number of carbonyl (C=O) groups is 1. The highest BCUT2D eigenvalue weighted by Gasteiger charge is 2.14. The van der Waals surface area contributed by atoms with E-state index in [-0.39, 0.29) is 5.91 Å². The smallest absolute Gasteiger partial charge is 0.252 e. The summed E-state index contributed by atoms with van der Waals surface area (Å²) in [6.45, 7) is 0.416. The number of aromatic nitrogens is 2. The average Bonchev–Trinajstić information content (AvgIpc) is 2.72. The van der Waals surface area contributed by atoms with Crippen molar-refractivity contribution in [1.29, 1.82) is 0 Å². The quantitative estimate of drug-likeness (QED) is 0.554. The molecule has 4 nitrogen and oxygen atoms in total. The molecule has 0 aliphatic rings. The zero-order valence-electron chi connectivity index (χ0n) is 14.4. The number of carbonyl (C=O) groups excluding carboxylic acids is 1. The Morgan fingerprint density at radius 2 is 1.81 bits per heavy atom. The highest BCUT2D eigenvalue weighted by molar-refractivity contribution is 6.30. The Kier molecular flexibility index (Phi) is 4.81. The van der Waals surface area contributed by atoms with Crippen LogP contribution in [-0.2, 0) is 6.54 Å². The lowest BCUT2D eigenvalue weighted by Gasteiger charge is -2.11. The van der Waals surface area contributed by atoms with Gasteiger partial charge in [-0.3, -0.25) is 9.78 Å². The Hall–Kier alpha value is -3.24. The first-order chi connectivity index (χ1) is 13.2. The van der Waals surface area contributed by atoms with E-state index in [1.54, 1.807) is 12.4 Å². The fourth-order valence-corrected chi connectivity index (χ4v) is 3.04. The number of hydrogen-bond acceptors (Lipinski definition) is 3. The van der Waals surface area contributed by atoms with Gasteiger partial charge in [0.25, 0.3) is 5.91 Å². The van der Waals surface area contributed by atoms with Gasteiger partial charge in [-0.15, -0.1) is 0 Å². The molecule has 1 amide bonds. The standard InChI is InChI=1S/C22H16ClN3O/c23-17-9-7-16(8-10-17)21-12-19(18-5-1-2-6-20(18)26-21)22(27)25-14-15-4-3-11-24-13-15/h1-13H,14H2,(H,25,27). The number of amides is 1. The molecular weight excluding hydrogens is 358 g/mol. The van der Waals surface area contributed by atoms with Gasteiger partial charge in [0.05, 0.1) is 16.8 Å². The van der Waals surface area contributed by atoms with Gasteiger partial charge in [-0.1, -0.05) is 48.0 Å². The maximum absolute atomic E-state index is 12.9. The van der Waals surface area contributed by atoms with Crippen LogP contribution >= 0.6 is 11.6 Å². The lowest BCUT2D eigenvalue weighted by Crippen LogP contribution is -2.23. The topological polar surface area (TPSA) is 54.9 Å². The maximum Gasteiger partial charge on any atom is 0.252 e. The molecule has 0 radical (unpaired) electrons. The SMILES string of the molecule is O=C(NCc1cccnc1)c1cc(-c2ccc(Cl)cc2)nc2ccccc12.